The molecule has 1 aromatic heterocycles. The van der Waals surface area contributed by atoms with Gasteiger partial charge in [-0.1, -0.05) is 32.4 Å². The topological polar surface area (TPSA) is 194 Å². The Morgan fingerprint density at radius 1 is 1.15 bits per heavy atom. The van der Waals surface area contributed by atoms with Crippen molar-refractivity contribution in [2.45, 2.75) is 126 Å². The zero-order valence-corrected chi connectivity index (χ0v) is 34.7. The summed E-state index contributed by atoms with van der Waals surface area (Å²) >= 11 is 0. The van der Waals surface area contributed by atoms with Crippen LogP contribution >= 0.6 is 0 Å². The molecule has 7 rings (SSSR count). The minimum absolute atomic E-state index is 0.0882. The van der Waals surface area contributed by atoms with Gasteiger partial charge in [0.25, 0.3) is 12.3 Å². The molecule has 0 radical (unpaired) electrons. The molecule has 0 spiro atoms. The largest absolute Gasteiger partial charge is 0.486 e. The van der Waals surface area contributed by atoms with Crippen molar-refractivity contribution in [3.63, 3.8) is 0 Å². The first-order chi connectivity index (χ1) is 27.8. The van der Waals surface area contributed by atoms with Crippen molar-refractivity contribution in [3.8, 4) is 17.4 Å². The number of carboxylic acid groups (broad SMARTS) is 1. The van der Waals surface area contributed by atoms with Gasteiger partial charge in [-0.15, -0.1) is 0 Å². The summed E-state index contributed by atoms with van der Waals surface area (Å²) in [6.45, 7) is 7.84. The zero-order valence-electron chi connectivity index (χ0n) is 33.9. The van der Waals surface area contributed by atoms with E-state index in [1.165, 1.54) is 11.1 Å². The number of sulfonamides is 1. The first kappa shape index (κ1) is 42.4. The fraction of sp³-hybridized carbons (Fsp3) is 0.634. The number of nitrogens with one attached hydrogen (secondary N) is 2. The molecule has 4 heterocycles. The lowest BCUT2D eigenvalue weighted by Gasteiger charge is -2.45. The van der Waals surface area contributed by atoms with E-state index < -0.39 is 86.1 Å². The fourth-order valence-electron chi connectivity index (χ4n) is 8.75. The van der Waals surface area contributed by atoms with Crippen LogP contribution in [-0.4, -0.2) is 112 Å². The third kappa shape index (κ3) is 7.88. The predicted molar refractivity (Wildman–Crippen MR) is 211 cm³/mol. The van der Waals surface area contributed by atoms with Crippen LogP contribution in [-0.2, 0) is 24.4 Å². The van der Waals surface area contributed by atoms with E-state index in [1.807, 2.05) is 13.0 Å². The highest BCUT2D eigenvalue weighted by atomic mass is 32.2. The summed E-state index contributed by atoms with van der Waals surface area (Å²) in [5.41, 5.74) is -3.98. The van der Waals surface area contributed by atoms with Gasteiger partial charge in [0.2, 0.25) is 27.7 Å². The van der Waals surface area contributed by atoms with E-state index in [1.54, 1.807) is 38.1 Å². The number of ether oxygens (including phenoxy) is 3. The van der Waals surface area contributed by atoms with Crippen LogP contribution in [0.3, 0.4) is 0 Å². The van der Waals surface area contributed by atoms with Gasteiger partial charge in [0.1, 0.15) is 42.5 Å². The fourth-order valence-corrected chi connectivity index (χ4v) is 10.1. The summed E-state index contributed by atoms with van der Waals surface area (Å²) in [6, 6.07) is 2.19. The lowest BCUT2D eigenvalue weighted by atomic mass is 9.82. The van der Waals surface area contributed by atoms with E-state index >= 15 is 4.79 Å². The Balaban J connectivity index is 1.29. The standard InChI is InChI=1S/C41H53F2N5O10S/c1-6-24-19-23(2)9-7-8-10-25-21-41(25,37(51)46-59(54,55)40(5)14-15-40)45-33(49)29-20-26(22-47(29)35(50)31(24)48(38(52)53)39(3,4)36(42)43)58-34-28-11-12-30-32(57-18-17-56-30)27(28)13-16-44-34/h8,10-13,16,23-26,29,31,36H,6-7,9,14-15,17-22H2,1-5H3,(H,45,49)(H,46,51)(H,52,53)/b10-8-/t23-,24-,25-,26-,29+,31+,41-/m1/s1. The summed E-state index contributed by atoms with van der Waals surface area (Å²) in [4.78, 5) is 63.1. The number of fused-ring (bicyclic) bond motifs is 5. The number of hydrogen-bond donors (Lipinski definition) is 3. The Hall–Kier alpha value is -4.74. The molecule has 0 unspecified atom stereocenters. The number of alkyl halides is 2. The molecular formula is C41H53F2N5O10S. The second kappa shape index (κ2) is 15.7. The normalized spacial score (nSPS) is 29.9. The number of aromatic nitrogens is 1. The zero-order chi connectivity index (χ0) is 42.7. The van der Waals surface area contributed by atoms with Crippen LogP contribution < -0.4 is 24.2 Å². The van der Waals surface area contributed by atoms with Gasteiger partial charge in [0.15, 0.2) is 11.5 Å². The molecule has 3 fully saturated rings. The third-order valence-electron chi connectivity index (χ3n) is 12.9. The molecule has 18 heteroatoms. The molecular weight excluding hydrogens is 793 g/mol. The molecule has 0 bridgehead atoms. The minimum Gasteiger partial charge on any atom is -0.486 e. The highest BCUT2D eigenvalue weighted by molar-refractivity contribution is 7.91. The lowest BCUT2D eigenvalue weighted by molar-refractivity contribution is -0.149. The van der Waals surface area contributed by atoms with Crippen LogP contribution in [0.5, 0.6) is 17.4 Å². The van der Waals surface area contributed by atoms with Gasteiger partial charge >= 0.3 is 6.09 Å². The third-order valence-corrected chi connectivity index (χ3v) is 15.1. The first-order valence-corrected chi connectivity index (χ1v) is 21.8. The van der Waals surface area contributed by atoms with E-state index in [4.69, 9.17) is 14.2 Å². The Kier molecular flexibility index (Phi) is 11.3. The van der Waals surface area contributed by atoms with Crippen molar-refractivity contribution in [2.75, 3.05) is 19.8 Å². The molecule has 5 aliphatic rings. The molecule has 322 valence electrons. The van der Waals surface area contributed by atoms with Crippen LogP contribution in [0.4, 0.5) is 13.6 Å². The van der Waals surface area contributed by atoms with E-state index in [9.17, 15) is 36.7 Å². The minimum atomic E-state index is -4.09. The summed E-state index contributed by atoms with van der Waals surface area (Å²) in [5.74, 6) is -2.74. The number of hydrogen-bond acceptors (Lipinski definition) is 10. The maximum absolute atomic E-state index is 15.2. The smallest absolute Gasteiger partial charge is 0.408 e. The maximum atomic E-state index is 15.2. The van der Waals surface area contributed by atoms with E-state index in [-0.39, 0.29) is 37.6 Å². The monoisotopic (exact) mass is 845 g/mol. The van der Waals surface area contributed by atoms with Crippen LogP contribution in [0.25, 0.3) is 10.8 Å². The molecule has 1 aromatic carbocycles. The average molecular weight is 846 g/mol. The number of pyridine rings is 1. The number of allylic oxidation sites excluding steroid dienone is 1. The van der Waals surface area contributed by atoms with Gasteiger partial charge in [-0.3, -0.25) is 24.0 Å². The molecule has 3 aliphatic heterocycles. The van der Waals surface area contributed by atoms with Crippen molar-refractivity contribution in [2.24, 2.45) is 17.8 Å². The lowest BCUT2D eigenvalue weighted by Crippen LogP contribution is -2.65. The second-order valence-electron chi connectivity index (χ2n) is 17.5. The quantitative estimate of drug-likeness (QED) is 0.287. The highest BCUT2D eigenvalue weighted by Crippen LogP contribution is 2.48. The first-order valence-electron chi connectivity index (χ1n) is 20.3. The van der Waals surface area contributed by atoms with Gasteiger partial charge < -0.3 is 29.5 Å². The Labute approximate surface area is 342 Å². The van der Waals surface area contributed by atoms with Gasteiger partial charge in [-0.25, -0.2) is 27.0 Å². The molecule has 2 saturated carbocycles. The highest BCUT2D eigenvalue weighted by Gasteiger charge is 2.63. The van der Waals surface area contributed by atoms with Crippen LogP contribution in [0.15, 0.2) is 36.5 Å². The van der Waals surface area contributed by atoms with Gasteiger partial charge in [0.05, 0.1) is 11.3 Å². The summed E-state index contributed by atoms with van der Waals surface area (Å²) in [6.07, 6.45) is 1.74. The molecule has 1 saturated heterocycles. The molecule has 7 atom stereocenters. The number of amides is 4. The number of carbonyl (C=O) groups is 4. The molecule has 2 aliphatic carbocycles. The summed E-state index contributed by atoms with van der Waals surface area (Å²) < 4.78 is 75.3. The number of nitrogens with zero attached hydrogens (tertiary/aromatic N) is 3. The van der Waals surface area contributed by atoms with E-state index in [2.05, 4.69) is 15.0 Å². The van der Waals surface area contributed by atoms with Gasteiger partial charge in [-0.2, -0.15) is 0 Å². The Morgan fingerprint density at radius 2 is 1.88 bits per heavy atom. The van der Waals surface area contributed by atoms with Crippen molar-refractivity contribution in [1.29, 1.82) is 0 Å². The van der Waals surface area contributed by atoms with Crippen LogP contribution in [0, 0.1) is 17.8 Å². The van der Waals surface area contributed by atoms with Crippen molar-refractivity contribution >= 4 is 44.6 Å². The maximum Gasteiger partial charge on any atom is 0.408 e. The van der Waals surface area contributed by atoms with Crippen molar-refractivity contribution in [1.82, 2.24) is 24.8 Å². The van der Waals surface area contributed by atoms with E-state index in [0.29, 0.717) is 72.5 Å². The van der Waals surface area contributed by atoms with Gasteiger partial charge in [0, 0.05) is 29.3 Å². The molecule has 15 nitrogen and oxygen atoms in total. The molecule has 2 aromatic rings. The molecule has 3 N–H and O–H groups in total. The summed E-state index contributed by atoms with van der Waals surface area (Å²) in [7, 11) is -4.09. The van der Waals surface area contributed by atoms with Crippen molar-refractivity contribution in [3.05, 3.63) is 36.5 Å². The van der Waals surface area contributed by atoms with Crippen molar-refractivity contribution < 1.29 is 55.7 Å². The predicted octanol–water partition coefficient (Wildman–Crippen LogP) is 5.02. The van der Waals surface area contributed by atoms with Crippen LogP contribution in [0.1, 0.15) is 86.0 Å². The summed E-state index contributed by atoms with van der Waals surface area (Å²) in [5, 5.41) is 14.6. The number of rotatable bonds is 9. The number of benzene rings is 1. The average Bonchev–Trinajstić information content (AvgIpc) is 4.07. The SMILES string of the molecule is CC[C@@H]1C[C@H](C)CC/C=C\[C@@H]2C[C@@]2(C(=O)NS(=O)(=O)C2(C)CC2)NC(=O)[C@@H]2C[C@@H](Oc3nccc4c5c(ccc34)OCCO5)CN2C(=O)[C@H]1N(C(=O)O)C(C)(C)C(F)F. The van der Waals surface area contributed by atoms with Gasteiger partial charge in [-0.05, 0) is 89.3 Å². The Morgan fingerprint density at radius 3 is 2.56 bits per heavy atom. The second-order valence-corrected chi connectivity index (χ2v) is 19.7. The molecule has 4 amide bonds. The number of carbonyl (C=O) groups excluding carboxylic acids is 3. The Bertz CT molecular complexity index is 2150. The number of halogens is 2. The van der Waals surface area contributed by atoms with Crippen LogP contribution in [0.2, 0.25) is 0 Å². The molecule has 59 heavy (non-hydrogen) atoms. The van der Waals surface area contributed by atoms with E-state index in [0.717, 1.165) is 13.8 Å².